The summed E-state index contributed by atoms with van der Waals surface area (Å²) >= 11 is 0. The number of rotatable bonds is 42. The topological polar surface area (TPSA) is 139 Å². The van der Waals surface area contributed by atoms with Crippen LogP contribution in [0.3, 0.4) is 0 Å². The SMILES string of the molecule is CCCCCCCCC(CCCCCC)C(=O)OCCCCCC(CCCCCOC(=O)C(CCCCCC)CCCCCCCC)OC(=O)CCC(=N)N=N. The van der Waals surface area contributed by atoms with Crippen molar-refractivity contribution in [3.8, 4) is 0 Å². The van der Waals surface area contributed by atoms with Crippen LogP contribution < -0.4 is 0 Å². The molecule has 0 bridgehead atoms. The van der Waals surface area contributed by atoms with Gasteiger partial charge in [0.25, 0.3) is 0 Å². The average molecular weight is 792 g/mol. The molecule has 0 radical (unpaired) electrons. The second kappa shape index (κ2) is 40.9. The Morgan fingerprint density at radius 1 is 0.446 bits per heavy atom. The van der Waals surface area contributed by atoms with Crippen molar-refractivity contribution in [3.05, 3.63) is 0 Å². The minimum Gasteiger partial charge on any atom is -0.465 e. The Labute approximate surface area is 344 Å². The van der Waals surface area contributed by atoms with Gasteiger partial charge in [0.1, 0.15) is 11.9 Å². The molecule has 2 N–H and O–H groups in total. The zero-order valence-corrected chi connectivity index (χ0v) is 37.1. The van der Waals surface area contributed by atoms with E-state index in [2.05, 4.69) is 32.8 Å². The molecule has 0 saturated carbocycles. The van der Waals surface area contributed by atoms with E-state index in [1.165, 1.54) is 103 Å². The summed E-state index contributed by atoms with van der Waals surface area (Å²) in [6.45, 7) is 9.75. The van der Waals surface area contributed by atoms with Gasteiger partial charge in [0.2, 0.25) is 0 Å². The van der Waals surface area contributed by atoms with Crippen LogP contribution in [0.1, 0.15) is 246 Å². The van der Waals surface area contributed by atoms with Crippen LogP contribution in [0.4, 0.5) is 0 Å². The molecule has 0 aromatic carbocycles. The highest BCUT2D eigenvalue weighted by atomic mass is 16.5. The Kier molecular flexibility index (Phi) is 39.2. The van der Waals surface area contributed by atoms with Gasteiger partial charge in [-0.05, 0) is 77.0 Å². The highest BCUT2D eigenvalue weighted by Gasteiger charge is 2.21. The van der Waals surface area contributed by atoms with Crippen molar-refractivity contribution in [1.29, 1.82) is 10.9 Å². The number of nitrogens with zero attached hydrogens (tertiary/aromatic N) is 1. The fourth-order valence-electron chi connectivity index (χ4n) is 7.40. The third kappa shape index (κ3) is 33.8. The molecular formula is C47H89N3O6. The normalized spacial score (nSPS) is 12.9. The minimum absolute atomic E-state index is 0.0109. The molecule has 0 aliphatic rings. The maximum absolute atomic E-state index is 13.0. The number of ether oxygens (including phenoxy) is 3. The number of hydrogen-bond donors (Lipinski definition) is 2. The molecule has 2 atom stereocenters. The minimum atomic E-state index is -0.364. The predicted octanol–water partition coefficient (Wildman–Crippen LogP) is 14.6. The molecule has 0 saturated heterocycles. The van der Waals surface area contributed by atoms with Crippen molar-refractivity contribution in [3.63, 3.8) is 0 Å². The number of esters is 3. The molecule has 0 aliphatic heterocycles. The van der Waals surface area contributed by atoms with Gasteiger partial charge in [-0.1, -0.05) is 156 Å². The number of nitrogens with one attached hydrogen (secondary N) is 2. The van der Waals surface area contributed by atoms with Crippen molar-refractivity contribution in [2.75, 3.05) is 13.2 Å². The van der Waals surface area contributed by atoms with Gasteiger partial charge >= 0.3 is 17.9 Å². The van der Waals surface area contributed by atoms with Gasteiger partial charge in [-0.3, -0.25) is 19.8 Å². The Hall–Kier alpha value is -2.32. The van der Waals surface area contributed by atoms with E-state index in [1.54, 1.807) is 0 Å². The molecule has 56 heavy (non-hydrogen) atoms. The second-order valence-electron chi connectivity index (χ2n) is 16.4. The Morgan fingerprint density at radius 2 is 0.768 bits per heavy atom. The van der Waals surface area contributed by atoms with Gasteiger partial charge in [-0.25, -0.2) is 5.53 Å². The molecule has 9 nitrogen and oxygen atoms in total. The van der Waals surface area contributed by atoms with E-state index in [0.29, 0.717) is 13.2 Å². The van der Waals surface area contributed by atoms with E-state index in [1.807, 2.05) is 0 Å². The van der Waals surface area contributed by atoms with E-state index >= 15 is 0 Å². The molecule has 0 aliphatic carbocycles. The molecule has 0 rings (SSSR count). The fourth-order valence-corrected chi connectivity index (χ4v) is 7.40. The predicted molar refractivity (Wildman–Crippen MR) is 231 cm³/mol. The summed E-state index contributed by atoms with van der Waals surface area (Å²) in [5.41, 5.74) is 6.98. The molecule has 2 unspecified atom stereocenters. The summed E-state index contributed by atoms with van der Waals surface area (Å²) in [6, 6.07) is 0. The van der Waals surface area contributed by atoms with Crippen molar-refractivity contribution >= 4 is 23.7 Å². The standard InChI is InChI=1S/C47H89N3O6/c1-5-9-13-17-19-25-33-41(31-23-15-11-7-3)46(52)54-39-29-21-27-35-43(56-45(51)38-37-44(48)50-49)36-28-22-30-40-55-47(53)42(32-24-16-12-8-4)34-26-20-18-14-10-6-2/h41-43,48-49H,5-40H2,1-4H3. The van der Waals surface area contributed by atoms with Gasteiger partial charge in [0, 0.05) is 6.42 Å². The van der Waals surface area contributed by atoms with Crippen LogP contribution in [0.2, 0.25) is 0 Å². The van der Waals surface area contributed by atoms with Gasteiger partial charge in [-0.2, -0.15) is 0 Å². The lowest BCUT2D eigenvalue weighted by Gasteiger charge is -2.19. The highest BCUT2D eigenvalue weighted by molar-refractivity contribution is 5.83. The van der Waals surface area contributed by atoms with E-state index in [0.717, 1.165) is 103 Å². The van der Waals surface area contributed by atoms with Crippen LogP contribution in [-0.2, 0) is 28.6 Å². The number of carbonyl (C=O) groups is 3. The number of unbranched alkanes of at least 4 members (excludes halogenated alkanes) is 20. The third-order valence-electron chi connectivity index (χ3n) is 11.1. The number of hydrogen-bond acceptors (Lipinski definition) is 8. The van der Waals surface area contributed by atoms with Crippen LogP contribution in [0.5, 0.6) is 0 Å². The smallest absolute Gasteiger partial charge is 0.308 e. The van der Waals surface area contributed by atoms with Gasteiger partial charge < -0.3 is 14.2 Å². The van der Waals surface area contributed by atoms with E-state index in [9.17, 15) is 14.4 Å². The largest absolute Gasteiger partial charge is 0.465 e. The molecule has 0 aromatic heterocycles. The average Bonchev–Trinajstić information content (AvgIpc) is 3.20. The molecule has 0 aromatic rings. The first-order valence-corrected chi connectivity index (χ1v) is 23.8. The number of amidine groups is 1. The molecule has 328 valence electrons. The quantitative estimate of drug-likeness (QED) is 0.0158. The first-order chi connectivity index (χ1) is 27.3. The van der Waals surface area contributed by atoms with Crippen molar-refractivity contribution in [2.24, 2.45) is 17.0 Å². The van der Waals surface area contributed by atoms with Crippen LogP contribution in [0.25, 0.3) is 0 Å². The maximum atomic E-state index is 13.0. The van der Waals surface area contributed by atoms with E-state index < -0.39 is 0 Å². The zero-order valence-electron chi connectivity index (χ0n) is 37.1. The first-order valence-electron chi connectivity index (χ1n) is 23.8. The Morgan fingerprint density at radius 3 is 1.14 bits per heavy atom. The first kappa shape index (κ1) is 53.7. The van der Waals surface area contributed by atoms with Crippen LogP contribution in [0, 0.1) is 22.8 Å². The summed E-state index contributed by atoms with van der Waals surface area (Å²) in [5, 5.41) is 10.7. The maximum Gasteiger partial charge on any atom is 0.308 e. The van der Waals surface area contributed by atoms with Crippen molar-refractivity contribution in [1.82, 2.24) is 0 Å². The summed E-state index contributed by atoms with van der Waals surface area (Å²) in [7, 11) is 0. The van der Waals surface area contributed by atoms with Crippen molar-refractivity contribution in [2.45, 2.75) is 252 Å². The Balaban J connectivity index is 4.78. The zero-order chi connectivity index (χ0) is 41.3. The van der Waals surface area contributed by atoms with E-state index in [4.69, 9.17) is 25.2 Å². The molecule has 0 spiro atoms. The second-order valence-corrected chi connectivity index (χ2v) is 16.4. The highest BCUT2D eigenvalue weighted by Crippen LogP contribution is 2.23. The number of carbonyl (C=O) groups excluding carboxylic acids is 3. The van der Waals surface area contributed by atoms with Gasteiger partial charge in [0.15, 0.2) is 0 Å². The van der Waals surface area contributed by atoms with E-state index in [-0.39, 0.29) is 54.5 Å². The van der Waals surface area contributed by atoms with Crippen LogP contribution >= 0.6 is 0 Å². The van der Waals surface area contributed by atoms with Crippen LogP contribution in [0.15, 0.2) is 5.11 Å². The molecule has 0 amide bonds. The van der Waals surface area contributed by atoms with Crippen LogP contribution in [-0.4, -0.2) is 43.1 Å². The lowest BCUT2D eigenvalue weighted by molar-refractivity contribution is -0.151. The summed E-state index contributed by atoms with van der Waals surface area (Å²) in [5.74, 6) is -0.533. The molecule has 9 heteroatoms. The molecule has 0 heterocycles. The Bertz CT molecular complexity index is 904. The van der Waals surface area contributed by atoms with Gasteiger partial charge in [-0.15, -0.1) is 5.11 Å². The monoisotopic (exact) mass is 792 g/mol. The van der Waals surface area contributed by atoms with Crippen molar-refractivity contribution < 1.29 is 28.6 Å². The lowest BCUT2D eigenvalue weighted by atomic mass is 9.94. The van der Waals surface area contributed by atoms with Gasteiger partial charge in [0.05, 0.1) is 31.5 Å². The third-order valence-corrected chi connectivity index (χ3v) is 11.1. The molecule has 0 fully saturated rings. The summed E-state index contributed by atoms with van der Waals surface area (Å²) < 4.78 is 17.4. The summed E-state index contributed by atoms with van der Waals surface area (Å²) in [6.07, 6.45) is 34.2. The summed E-state index contributed by atoms with van der Waals surface area (Å²) in [4.78, 5) is 38.7. The fraction of sp³-hybridized carbons (Fsp3) is 0.915. The molecular weight excluding hydrogens is 703 g/mol. The lowest BCUT2D eigenvalue weighted by Crippen LogP contribution is -2.20.